The van der Waals surface area contributed by atoms with Crippen molar-refractivity contribution in [3.05, 3.63) is 43.0 Å². The van der Waals surface area contributed by atoms with Crippen LogP contribution in [0.2, 0.25) is 0 Å². The minimum Gasteiger partial charge on any atom is -0.334 e. The average molecular weight is 425 g/mol. The van der Waals surface area contributed by atoms with Crippen LogP contribution in [0.25, 0.3) is 27.9 Å². The molecule has 7 heteroatoms. The highest BCUT2D eigenvalue weighted by molar-refractivity contribution is 7.89. The molecule has 0 unspecified atom stereocenters. The van der Waals surface area contributed by atoms with E-state index in [-0.39, 0.29) is 4.90 Å². The van der Waals surface area contributed by atoms with Gasteiger partial charge in [0.05, 0.1) is 22.4 Å². The molecule has 6 nitrogen and oxygen atoms in total. The fourth-order valence-corrected chi connectivity index (χ4v) is 5.02. The molecule has 1 fully saturated rings. The molecule has 30 heavy (non-hydrogen) atoms. The van der Waals surface area contributed by atoms with Crippen LogP contribution in [0.4, 0.5) is 0 Å². The third-order valence-corrected chi connectivity index (χ3v) is 7.87. The molecule has 0 spiro atoms. The summed E-state index contributed by atoms with van der Waals surface area (Å²) in [5, 5.41) is 0.915. The first-order valence-electron chi connectivity index (χ1n) is 10.6. The summed E-state index contributed by atoms with van der Waals surface area (Å²) < 4.78 is 31.7. The van der Waals surface area contributed by atoms with Gasteiger partial charge in [-0.15, -0.1) is 0 Å². The lowest BCUT2D eigenvalue weighted by molar-refractivity contribution is 0.332. The highest BCUT2D eigenvalue weighted by atomic mass is 32.2. The number of nitrogens with one attached hydrogen (secondary N) is 1. The van der Waals surface area contributed by atoms with Crippen LogP contribution in [-0.2, 0) is 10.0 Å². The van der Waals surface area contributed by atoms with E-state index in [4.69, 9.17) is 0 Å². The van der Waals surface area contributed by atoms with Crippen LogP contribution in [0.5, 0.6) is 0 Å². The number of hydrogen-bond donors (Lipinski definition) is 1. The average Bonchev–Trinajstić information content (AvgIpc) is 3.34. The number of allylic oxidation sites excluding steroid dienone is 2. The Morgan fingerprint density at radius 2 is 2.00 bits per heavy atom. The smallest absolute Gasteiger partial charge is 0.240 e. The molecule has 5 rings (SSSR count). The van der Waals surface area contributed by atoms with Crippen molar-refractivity contribution in [2.24, 2.45) is 5.41 Å². The highest BCUT2D eigenvalue weighted by Crippen LogP contribution is 2.41. The van der Waals surface area contributed by atoms with Gasteiger partial charge in [-0.3, -0.25) is 0 Å². The third-order valence-electron chi connectivity index (χ3n) is 6.46. The van der Waals surface area contributed by atoms with E-state index in [1.807, 2.05) is 12.4 Å². The second-order valence-corrected chi connectivity index (χ2v) is 11.2. The largest absolute Gasteiger partial charge is 0.334 e. The van der Waals surface area contributed by atoms with E-state index in [9.17, 15) is 8.42 Å². The zero-order valence-corrected chi connectivity index (χ0v) is 18.5. The summed E-state index contributed by atoms with van der Waals surface area (Å²) in [6.45, 7) is 4.61. The number of aromatic nitrogens is 3. The van der Waals surface area contributed by atoms with Gasteiger partial charge in [-0.05, 0) is 62.8 Å². The summed E-state index contributed by atoms with van der Waals surface area (Å²) in [5.41, 5.74) is 4.49. The van der Waals surface area contributed by atoms with Crippen LogP contribution in [0.3, 0.4) is 0 Å². The maximum absolute atomic E-state index is 12.4. The minimum absolute atomic E-state index is 0.275. The molecule has 0 bridgehead atoms. The SMILES string of the molecule is CNS(=O)(=O)c1ccc2c(c1)c(-c1cn(C3CC3)cn1)cn2C1=CCC(C)(C)CC1. The van der Waals surface area contributed by atoms with Crippen LogP contribution in [0.1, 0.15) is 52.0 Å². The molecule has 2 aromatic heterocycles. The fourth-order valence-electron chi connectivity index (χ4n) is 4.27. The second kappa shape index (κ2) is 6.82. The Morgan fingerprint density at radius 1 is 1.20 bits per heavy atom. The van der Waals surface area contributed by atoms with Crippen LogP contribution in [-0.4, -0.2) is 29.6 Å². The Hall–Kier alpha value is -2.38. The number of sulfonamides is 1. The molecule has 0 amide bonds. The van der Waals surface area contributed by atoms with Crippen molar-refractivity contribution in [2.75, 3.05) is 7.05 Å². The van der Waals surface area contributed by atoms with Gasteiger partial charge in [0, 0.05) is 35.1 Å². The van der Waals surface area contributed by atoms with Crippen molar-refractivity contribution in [1.82, 2.24) is 18.8 Å². The molecule has 1 aromatic carbocycles. The normalized spacial score (nSPS) is 19.2. The van der Waals surface area contributed by atoms with E-state index in [2.05, 4.69) is 51.2 Å². The first-order chi connectivity index (χ1) is 14.3. The standard InChI is InChI=1S/C23H28N4O2S/c1-23(2)10-8-17(9-11-23)27-13-20(21-14-26(15-25-21)16-4-5-16)19-12-18(6-7-22(19)27)30(28,29)24-3/h6-8,12-16,24H,4-5,9-11H2,1-3H3. The van der Waals surface area contributed by atoms with Crippen molar-refractivity contribution >= 4 is 26.6 Å². The van der Waals surface area contributed by atoms with Crippen LogP contribution < -0.4 is 4.72 Å². The monoisotopic (exact) mass is 424 g/mol. The van der Waals surface area contributed by atoms with Crippen molar-refractivity contribution in [3.63, 3.8) is 0 Å². The van der Waals surface area contributed by atoms with Gasteiger partial charge >= 0.3 is 0 Å². The lowest BCUT2D eigenvalue weighted by Gasteiger charge is -2.29. The Bertz CT molecular complexity index is 1260. The van der Waals surface area contributed by atoms with Gasteiger partial charge in [0.15, 0.2) is 0 Å². The topological polar surface area (TPSA) is 68.9 Å². The molecular formula is C23H28N4O2S. The molecule has 2 aliphatic carbocycles. The summed E-state index contributed by atoms with van der Waals surface area (Å²) >= 11 is 0. The Kier molecular flexibility index (Phi) is 4.45. The van der Waals surface area contributed by atoms with Crippen molar-refractivity contribution < 1.29 is 8.42 Å². The summed E-state index contributed by atoms with van der Waals surface area (Å²) in [6.07, 6.45) is 14.0. The number of nitrogens with zero attached hydrogens (tertiary/aromatic N) is 3. The maximum atomic E-state index is 12.4. The number of imidazole rings is 1. The summed E-state index contributed by atoms with van der Waals surface area (Å²) in [6, 6.07) is 5.94. The first kappa shape index (κ1) is 19.6. The quantitative estimate of drug-likeness (QED) is 0.640. The molecule has 3 aromatic rings. The second-order valence-electron chi connectivity index (χ2n) is 9.30. The van der Waals surface area contributed by atoms with Crippen molar-refractivity contribution in [2.45, 2.75) is 56.9 Å². The van der Waals surface area contributed by atoms with Gasteiger partial charge < -0.3 is 9.13 Å². The van der Waals surface area contributed by atoms with Gasteiger partial charge in [0.25, 0.3) is 0 Å². The highest BCUT2D eigenvalue weighted by Gasteiger charge is 2.26. The van der Waals surface area contributed by atoms with Crippen molar-refractivity contribution in [3.8, 4) is 11.3 Å². The molecule has 1 N–H and O–H groups in total. The molecular weight excluding hydrogens is 396 g/mol. The minimum atomic E-state index is -3.52. The number of hydrogen-bond acceptors (Lipinski definition) is 3. The summed E-state index contributed by atoms with van der Waals surface area (Å²) in [4.78, 5) is 4.93. The van der Waals surface area contributed by atoms with E-state index in [0.717, 1.165) is 41.4 Å². The number of benzene rings is 1. The molecule has 0 atom stereocenters. The number of rotatable bonds is 5. The number of fused-ring (bicyclic) bond motifs is 1. The first-order valence-corrected chi connectivity index (χ1v) is 12.1. The van der Waals surface area contributed by atoms with Crippen LogP contribution in [0, 0.1) is 5.41 Å². The molecule has 2 aliphatic rings. The Balaban J connectivity index is 1.68. The van der Waals surface area contributed by atoms with Crippen LogP contribution >= 0.6 is 0 Å². The van der Waals surface area contributed by atoms with Gasteiger partial charge in [-0.1, -0.05) is 19.9 Å². The predicted octanol–water partition coefficient (Wildman–Crippen LogP) is 4.80. The lowest BCUT2D eigenvalue weighted by Crippen LogP contribution is -2.18. The molecule has 2 heterocycles. The van der Waals surface area contributed by atoms with Gasteiger partial charge in [0.2, 0.25) is 10.0 Å². The Labute approximate surface area is 177 Å². The predicted molar refractivity (Wildman–Crippen MR) is 120 cm³/mol. The van der Waals surface area contributed by atoms with E-state index >= 15 is 0 Å². The maximum Gasteiger partial charge on any atom is 0.240 e. The van der Waals surface area contributed by atoms with Gasteiger partial charge in [0.1, 0.15) is 0 Å². The molecule has 158 valence electrons. The summed E-state index contributed by atoms with van der Waals surface area (Å²) in [5.74, 6) is 0. The Morgan fingerprint density at radius 3 is 2.67 bits per heavy atom. The molecule has 1 saturated carbocycles. The van der Waals surface area contributed by atoms with E-state index < -0.39 is 10.0 Å². The zero-order chi connectivity index (χ0) is 21.1. The van der Waals surface area contributed by atoms with E-state index in [0.29, 0.717) is 11.5 Å². The van der Waals surface area contributed by atoms with E-state index in [1.165, 1.54) is 25.6 Å². The van der Waals surface area contributed by atoms with Gasteiger partial charge in [-0.2, -0.15) is 0 Å². The zero-order valence-electron chi connectivity index (χ0n) is 17.7. The lowest BCUT2D eigenvalue weighted by atomic mass is 9.80. The molecule has 0 saturated heterocycles. The van der Waals surface area contributed by atoms with E-state index in [1.54, 1.807) is 12.1 Å². The fraction of sp³-hybridized carbons (Fsp3) is 0.435. The third kappa shape index (κ3) is 3.40. The van der Waals surface area contributed by atoms with Gasteiger partial charge in [-0.25, -0.2) is 18.1 Å². The summed E-state index contributed by atoms with van der Waals surface area (Å²) in [7, 11) is -2.08. The molecule has 0 aliphatic heterocycles. The van der Waals surface area contributed by atoms with Crippen molar-refractivity contribution in [1.29, 1.82) is 0 Å². The van der Waals surface area contributed by atoms with Crippen LogP contribution in [0.15, 0.2) is 47.9 Å². The molecule has 0 radical (unpaired) electrons.